The average molecular weight is 493 g/mol. The van der Waals surface area contributed by atoms with Gasteiger partial charge in [-0.1, -0.05) is 28.1 Å². The predicted octanol–water partition coefficient (Wildman–Crippen LogP) is 4.01. The SMILES string of the molecule is COc1cc(CNC(=S)NCc2ccc(C(F)(F)F)cc2)c(Br)cc1OCCO. The molecule has 0 aromatic heterocycles. The zero-order valence-electron chi connectivity index (χ0n) is 15.5. The topological polar surface area (TPSA) is 62.8 Å². The van der Waals surface area contributed by atoms with E-state index in [0.29, 0.717) is 35.3 Å². The van der Waals surface area contributed by atoms with Crippen LogP contribution in [-0.4, -0.2) is 30.5 Å². The normalized spacial score (nSPS) is 11.1. The van der Waals surface area contributed by atoms with Crippen LogP contribution in [0.4, 0.5) is 13.2 Å². The Kier molecular flexibility index (Phi) is 8.54. The Morgan fingerprint density at radius 3 is 2.34 bits per heavy atom. The van der Waals surface area contributed by atoms with E-state index in [0.717, 1.165) is 22.2 Å². The van der Waals surface area contributed by atoms with Gasteiger partial charge in [0.15, 0.2) is 16.6 Å². The summed E-state index contributed by atoms with van der Waals surface area (Å²) >= 11 is 8.68. The number of ether oxygens (including phenoxy) is 2. The third kappa shape index (κ3) is 7.06. The summed E-state index contributed by atoms with van der Waals surface area (Å²) in [5.74, 6) is 1.02. The van der Waals surface area contributed by atoms with Crippen molar-refractivity contribution in [1.82, 2.24) is 10.6 Å². The fourth-order valence-corrected chi connectivity index (χ4v) is 2.98. The quantitative estimate of drug-likeness (QED) is 0.484. The molecule has 5 nitrogen and oxygen atoms in total. The summed E-state index contributed by atoms with van der Waals surface area (Å²) in [7, 11) is 1.52. The van der Waals surface area contributed by atoms with Crippen LogP contribution in [0.3, 0.4) is 0 Å². The van der Waals surface area contributed by atoms with Crippen molar-refractivity contribution in [3.05, 3.63) is 57.6 Å². The maximum atomic E-state index is 12.6. The molecule has 158 valence electrons. The second kappa shape index (κ2) is 10.7. The van der Waals surface area contributed by atoms with Crippen LogP contribution in [0.25, 0.3) is 0 Å². The molecule has 0 saturated heterocycles. The number of alkyl halides is 3. The summed E-state index contributed by atoms with van der Waals surface area (Å²) in [5, 5.41) is 15.2. The van der Waals surface area contributed by atoms with Crippen molar-refractivity contribution in [1.29, 1.82) is 0 Å². The Labute approximate surface area is 180 Å². The molecule has 2 rings (SSSR count). The average Bonchev–Trinajstić information content (AvgIpc) is 2.69. The molecule has 3 N–H and O–H groups in total. The molecule has 0 heterocycles. The summed E-state index contributed by atoms with van der Waals surface area (Å²) in [5.41, 5.74) is 0.847. The van der Waals surface area contributed by atoms with Crippen LogP contribution in [0.2, 0.25) is 0 Å². The van der Waals surface area contributed by atoms with Crippen LogP contribution in [0.5, 0.6) is 11.5 Å². The van der Waals surface area contributed by atoms with Crippen LogP contribution >= 0.6 is 28.1 Å². The van der Waals surface area contributed by atoms with Gasteiger partial charge >= 0.3 is 6.18 Å². The van der Waals surface area contributed by atoms with E-state index in [1.807, 2.05) is 0 Å². The zero-order chi connectivity index (χ0) is 21.4. The summed E-state index contributed by atoms with van der Waals surface area (Å²) in [6.45, 7) is 0.722. The van der Waals surface area contributed by atoms with Crippen LogP contribution in [0.15, 0.2) is 40.9 Å². The Hall–Kier alpha value is -2.04. The van der Waals surface area contributed by atoms with E-state index in [9.17, 15) is 13.2 Å². The van der Waals surface area contributed by atoms with E-state index in [-0.39, 0.29) is 13.2 Å². The number of methoxy groups -OCH3 is 1. The van der Waals surface area contributed by atoms with Crippen molar-refractivity contribution in [2.45, 2.75) is 19.3 Å². The minimum Gasteiger partial charge on any atom is -0.493 e. The molecule has 0 radical (unpaired) electrons. The van der Waals surface area contributed by atoms with Gasteiger partial charge in [-0.15, -0.1) is 0 Å². The molecule has 0 saturated carbocycles. The van der Waals surface area contributed by atoms with E-state index < -0.39 is 11.7 Å². The standard InChI is InChI=1S/C19H20BrF3N2O3S/c1-27-16-8-13(15(20)9-17(16)28-7-6-26)11-25-18(29)24-10-12-2-4-14(5-3-12)19(21,22)23/h2-5,8-9,26H,6-7,10-11H2,1H3,(H2,24,25,29). The molecule has 0 aliphatic carbocycles. The largest absolute Gasteiger partial charge is 0.493 e. The Bertz CT molecular complexity index is 833. The number of nitrogens with one attached hydrogen (secondary N) is 2. The molecule has 10 heteroatoms. The fraction of sp³-hybridized carbons (Fsp3) is 0.316. The third-order valence-electron chi connectivity index (χ3n) is 3.86. The van der Waals surface area contributed by atoms with Gasteiger partial charge < -0.3 is 25.2 Å². The van der Waals surface area contributed by atoms with Crippen molar-refractivity contribution in [3.8, 4) is 11.5 Å². The fourth-order valence-electron chi connectivity index (χ4n) is 2.37. The highest BCUT2D eigenvalue weighted by atomic mass is 79.9. The lowest BCUT2D eigenvalue weighted by Gasteiger charge is -2.15. The summed E-state index contributed by atoms with van der Waals surface area (Å²) in [6, 6.07) is 8.41. The molecule has 0 spiro atoms. The molecule has 0 atom stereocenters. The first-order chi connectivity index (χ1) is 13.7. The number of aliphatic hydroxyl groups excluding tert-OH is 1. The maximum absolute atomic E-state index is 12.6. The molecule has 29 heavy (non-hydrogen) atoms. The van der Waals surface area contributed by atoms with Gasteiger partial charge in [0.25, 0.3) is 0 Å². The third-order valence-corrected chi connectivity index (χ3v) is 4.88. The molecule has 0 aliphatic heterocycles. The first-order valence-corrected chi connectivity index (χ1v) is 9.72. The molecule has 0 fully saturated rings. The number of halogens is 4. The number of benzene rings is 2. The molecule has 2 aromatic rings. The Morgan fingerprint density at radius 1 is 1.10 bits per heavy atom. The van der Waals surface area contributed by atoms with E-state index in [1.54, 1.807) is 12.1 Å². The number of rotatable bonds is 8. The molecule has 2 aromatic carbocycles. The number of hydrogen-bond acceptors (Lipinski definition) is 4. The minimum atomic E-state index is -4.35. The van der Waals surface area contributed by atoms with Gasteiger partial charge in [-0.2, -0.15) is 13.2 Å². The predicted molar refractivity (Wildman–Crippen MR) is 111 cm³/mol. The van der Waals surface area contributed by atoms with E-state index in [4.69, 9.17) is 26.8 Å². The molecular formula is C19H20BrF3N2O3S. The lowest BCUT2D eigenvalue weighted by atomic mass is 10.1. The van der Waals surface area contributed by atoms with Gasteiger partial charge in [0.2, 0.25) is 0 Å². The number of aliphatic hydroxyl groups is 1. The smallest absolute Gasteiger partial charge is 0.416 e. The number of hydrogen-bond donors (Lipinski definition) is 3. The summed E-state index contributed by atoms with van der Waals surface area (Å²) in [4.78, 5) is 0. The maximum Gasteiger partial charge on any atom is 0.416 e. The lowest BCUT2D eigenvalue weighted by molar-refractivity contribution is -0.137. The van der Waals surface area contributed by atoms with E-state index >= 15 is 0 Å². The van der Waals surface area contributed by atoms with Crippen LogP contribution in [0, 0.1) is 0 Å². The van der Waals surface area contributed by atoms with Crippen molar-refractivity contribution >= 4 is 33.3 Å². The molecule has 0 aliphatic rings. The highest BCUT2D eigenvalue weighted by Crippen LogP contribution is 2.33. The molecule has 0 bridgehead atoms. The van der Waals surface area contributed by atoms with E-state index in [1.165, 1.54) is 19.2 Å². The summed E-state index contributed by atoms with van der Waals surface area (Å²) in [6.07, 6.45) is -4.35. The summed E-state index contributed by atoms with van der Waals surface area (Å²) < 4.78 is 49.3. The van der Waals surface area contributed by atoms with Gasteiger partial charge in [0, 0.05) is 17.6 Å². The van der Waals surface area contributed by atoms with Gasteiger partial charge in [0.05, 0.1) is 19.3 Å². The van der Waals surface area contributed by atoms with Crippen molar-refractivity contribution < 1.29 is 27.8 Å². The van der Waals surface area contributed by atoms with E-state index in [2.05, 4.69) is 26.6 Å². The molecular weight excluding hydrogens is 473 g/mol. The van der Waals surface area contributed by atoms with Gasteiger partial charge in [0.1, 0.15) is 6.61 Å². The van der Waals surface area contributed by atoms with Crippen LogP contribution in [-0.2, 0) is 19.3 Å². The Morgan fingerprint density at radius 2 is 1.76 bits per heavy atom. The van der Waals surface area contributed by atoms with Crippen LogP contribution in [0.1, 0.15) is 16.7 Å². The van der Waals surface area contributed by atoms with Gasteiger partial charge in [-0.05, 0) is 47.6 Å². The highest BCUT2D eigenvalue weighted by Gasteiger charge is 2.29. The Balaban J connectivity index is 1.90. The van der Waals surface area contributed by atoms with Gasteiger partial charge in [-0.25, -0.2) is 0 Å². The monoisotopic (exact) mass is 492 g/mol. The molecule has 0 unspecified atom stereocenters. The van der Waals surface area contributed by atoms with Crippen molar-refractivity contribution in [3.63, 3.8) is 0 Å². The second-order valence-electron chi connectivity index (χ2n) is 5.90. The second-order valence-corrected chi connectivity index (χ2v) is 7.16. The molecule has 0 amide bonds. The zero-order valence-corrected chi connectivity index (χ0v) is 17.9. The van der Waals surface area contributed by atoms with Crippen molar-refractivity contribution in [2.75, 3.05) is 20.3 Å². The highest BCUT2D eigenvalue weighted by molar-refractivity contribution is 9.10. The van der Waals surface area contributed by atoms with Crippen molar-refractivity contribution in [2.24, 2.45) is 0 Å². The first kappa shape index (κ1) is 23.2. The minimum absolute atomic E-state index is 0.108. The van der Waals surface area contributed by atoms with Gasteiger partial charge in [-0.3, -0.25) is 0 Å². The number of thiocarbonyl (C=S) groups is 1. The first-order valence-electron chi connectivity index (χ1n) is 8.52. The van der Waals surface area contributed by atoms with Crippen LogP contribution < -0.4 is 20.1 Å². The lowest BCUT2D eigenvalue weighted by Crippen LogP contribution is -2.34.